The van der Waals surface area contributed by atoms with E-state index in [-0.39, 0.29) is 24.6 Å². The van der Waals surface area contributed by atoms with Crippen molar-refractivity contribution in [2.24, 2.45) is 5.92 Å². The summed E-state index contributed by atoms with van der Waals surface area (Å²) in [5, 5.41) is 14.2. The number of carbonyl (C=O) groups is 1. The van der Waals surface area contributed by atoms with E-state index in [0.29, 0.717) is 30.3 Å². The zero-order chi connectivity index (χ0) is 25.7. The number of tetrazole rings is 1. The van der Waals surface area contributed by atoms with Crippen LogP contribution < -0.4 is 5.69 Å². The van der Waals surface area contributed by atoms with Crippen molar-refractivity contribution < 1.29 is 9.18 Å². The number of rotatable bonds is 10. The van der Waals surface area contributed by atoms with Gasteiger partial charge in [0.2, 0.25) is 5.91 Å². The molecule has 2 heterocycles. The van der Waals surface area contributed by atoms with Crippen molar-refractivity contribution in [3.05, 3.63) is 76.0 Å². The molecule has 0 amide bonds. The van der Waals surface area contributed by atoms with Crippen molar-refractivity contribution in [1.82, 2.24) is 29.8 Å². The van der Waals surface area contributed by atoms with E-state index < -0.39 is 12.4 Å². The summed E-state index contributed by atoms with van der Waals surface area (Å²) < 4.78 is 16.8. The predicted molar refractivity (Wildman–Crippen MR) is 136 cm³/mol. The van der Waals surface area contributed by atoms with E-state index >= 15 is 0 Å². The molecule has 36 heavy (non-hydrogen) atoms. The predicted octanol–water partition coefficient (Wildman–Crippen LogP) is 5.04. The van der Waals surface area contributed by atoms with Crippen molar-refractivity contribution in [2.75, 3.05) is 0 Å². The fourth-order valence-corrected chi connectivity index (χ4v) is 4.41. The van der Waals surface area contributed by atoms with Crippen LogP contribution in [0.5, 0.6) is 0 Å². The van der Waals surface area contributed by atoms with Crippen LogP contribution in [0.4, 0.5) is 4.39 Å². The third-order valence-electron chi connectivity index (χ3n) is 6.28. The Balaban J connectivity index is 1.69. The molecule has 9 heteroatoms. The fourth-order valence-electron chi connectivity index (χ4n) is 4.41. The van der Waals surface area contributed by atoms with E-state index in [0.717, 1.165) is 33.2 Å². The van der Waals surface area contributed by atoms with Gasteiger partial charge in [0, 0.05) is 17.7 Å². The molecule has 0 saturated heterocycles. The number of nitrogens with zero attached hydrogens (tertiary/aromatic N) is 5. The molecule has 8 nitrogen and oxygen atoms in total. The van der Waals surface area contributed by atoms with Crippen molar-refractivity contribution >= 4 is 5.91 Å². The zero-order valence-corrected chi connectivity index (χ0v) is 20.9. The van der Waals surface area contributed by atoms with Crippen molar-refractivity contribution in [2.45, 2.75) is 59.7 Å². The Labute approximate surface area is 209 Å². The van der Waals surface area contributed by atoms with E-state index in [4.69, 9.17) is 0 Å². The van der Waals surface area contributed by atoms with Crippen LogP contribution in [0.2, 0.25) is 0 Å². The molecule has 0 unspecified atom stereocenters. The smallest absolute Gasteiger partial charge is 0.291 e. The Morgan fingerprint density at radius 2 is 1.78 bits per heavy atom. The highest BCUT2D eigenvalue weighted by molar-refractivity contribution is 5.80. The maximum Gasteiger partial charge on any atom is 0.335 e. The molecule has 0 spiro atoms. The van der Waals surface area contributed by atoms with Gasteiger partial charge in [-0.05, 0) is 52.3 Å². The molecule has 0 aliphatic carbocycles. The lowest BCUT2D eigenvalue weighted by molar-refractivity contribution is 0.0891. The van der Waals surface area contributed by atoms with Crippen molar-refractivity contribution in [1.29, 1.82) is 0 Å². The van der Waals surface area contributed by atoms with Gasteiger partial charge in [-0.2, -0.15) is 0 Å². The largest absolute Gasteiger partial charge is 0.335 e. The highest BCUT2D eigenvalue weighted by atomic mass is 19.1. The lowest BCUT2D eigenvalue weighted by Crippen LogP contribution is -2.30. The van der Waals surface area contributed by atoms with Gasteiger partial charge < -0.3 is 0 Å². The molecule has 0 radical (unpaired) electrons. The molecule has 0 aliphatic rings. The number of aromatic nitrogens is 6. The summed E-state index contributed by atoms with van der Waals surface area (Å²) >= 11 is 0. The maximum atomic E-state index is 14.2. The number of H-pyrrole nitrogens is 1. The lowest BCUT2D eigenvalue weighted by atomic mass is 9.98. The van der Waals surface area contributed by atoms with Gasteiger partial charge in [0.25, 0.3) is 0 Å². The number of hydrogen-bond donors (Lipinski definition) is 1. The van der Waals surface area contributed by atoms with Gasteiger partial charge in [-0.15, -0.1) is 5.10 Å². The van der Waals surface area contributed by atoms with Gasteiger partial charge >= 0.3 is 5.69 Å². The number of hydrogen-bond acceptors (Lipinski definition) is 5. The van der Waals surface area contributed by atoms with Crippen LogP contribution in [0.25, 0.3) is 22.5 Å². The standard InChI is InChI=1S/C27H31FN6O2/c1-4-7-25(35)34-24(16-28)23(15-10-18(2)3)33(27(34)36)17-19-11-13-20(14-12-19)21-8-5-6-9-22(21)26-29-31-32-30-26/h5-6,8-9,11-14,18H,4,7,10,15-17H2,1-3H3,(H,29,30,31,32). The van der Waals surface area contributed by atoms with Crippen LogP contribution in [-0.4, -0.2) is 35.7 Å². The summed E-state index contributed by atoms with van der Waals surface area (Å²) in [7, 11) is 0. The second-order valence-electron chi connectivity index (χ2n) is 9.30. The average Bonchev–Trinajstić information content (AvgIpc) is 3.50. The van der Waals surface area contributed by atoms with E-state index in [1.807, 2.05) is 55.5 Å². The third-order valence-corrected chi connectivity index (χ3v) is 6.28. The van der Waals surface area contributed by atoms with Gasteiger partial charge in [0.1, 0.15) is 6.67 Å². The number of nitrogens with one attached hydrogen (secondary N) is 1. The average molecular weight is 491 g/mol. The fraction of sp³-hybridized carbons (Fsp3) is 0.370. The summed E-state index contributed by atoms with van der Waals surface area (Å²) in [6.07, 6.45) is 2.13. The number of imidazole rings is 1. The van der Waals surface area contributed by atoms with Gasteiger partial charge in [0.05, 0.1) is 12.2 Å². The highest BCUT2D eigenvalue weighted by Crippen LogP contribution is 2.30. The van der Waals surface area contributed by atoms with E-state index in [1.165, 1.54) is 0 Å². The number of benzene rings is 2. The minimum atomic E-state index is -0.850. The first kappa shape index (κ1) is 25.2. The second-order valence-corrected chi connectivity index (χ2v) is 9.30. The monoisotopic (exact) mass is 490 g/mol. The molecule has 2 aromatic heterocycles. The Hall–Kier alpha value is -3.88. The summed E-state index contributed by atoms with van der Waals surface area (Å²) in [6.45, 7) is 5.45. The molecule has 4 aromatic rings. The molecular weight excluding hydrogens is 459 g/mol. The van der Waals surface area contributed by atoms with Gasteiger partial charge in [-0.25, -0.2) is 18.9 Å². The van der Waals surface area contributed by atoms with Crippen molar-refractivity contribution in [3.63, 3.8) is 0 Å². The summed E-state index contributed by atoms with van der Waals surface area (Å²) in [4.78, 5) is 26.0. The normalized spacial score (nSPS) is 11.4. The zero-order valence-electron chi connectivity index (χ0n) is 20.9. The minimum absolute atomic E-state index is 0.185. The van der Waals surface area contributed by atoms with Crippen LogP contribution >= 0.6 is 0 Å². The lowest BCUT2D eigenvalue weighted by Gasteiger charge is -2.12. The summed E-state index contributed by atoms with van der Waals surface area (Å²) in [5.41, 5.74) is 4.02. The topological polar surface area (TPSA) is 98.5 Å². The van der Waals surface area contributed by atoms with Crippen LogP contribution in [0.1, 0.15) is 61.8 Å². The number of halogens is 1. The number of alkyl halides is 1. The molecule has 0 saturated carbocycles. The Bertz CT molecular complexity index is 1370. The summed E-state index contributed by atoms with van der Waals surface area (Å²) in [5.74, 6) is 0.607. The van der Waals surface area contributed by atoms with E-state index in [2.05, 4.69) is 34.5 Å². The minimum Gasteiger partial charge on any atom is -0.291 e. The van der Waals surface area contributed by atoms with Gasteiger partial charge in [0.15, 0.2) is 5.82 Å². The Morgan fingerprint density at radius 1 is 1.06 bits per heavy atom. The second kappa shape index (κ2) is 11.2. The molecule has 1 N–H and O–H groups in total. The Morgan fingerprint density at radius 3 is 2.39 bits per heavy atom. The van der Waals surface area contributed by atoms with Crippen LogP contribution in [-0.2, 0) is 19.6 Å². The molecule has 0 aliphatic heterocycles. The molecule has 0 fully saturated rings. The van der Waals surface area contributed by atoms with Gasteiger partial charge in [-0.1, -0.05) is 69.3 Å². The molecule has 0 bridgehead atoms. The first-order valence-electron chi connectivity index (χ1n) is 12.3. The first-order chi connectivity index (χ1) is 17.4. The van der Waals surface area contributed by atoms with Crippen molar-refractivity contribution in [3.8, 4) is 22.5 Å². The quantitative estimate of drug-likeness (QED) is 0.336. The molecule has 188 valence electrons. The Kier molecular flexibility index (Phi) is 7.87. The third kappa shape index (κ3) is 5.19. The molecule has 2 aromatic carbocycles. The highest BCUT2D eigenvalue weighted by Gasteiger charge is 2.23. The van der Waals surface area contributed by atoms with E-state index in [1.54, 1.807) is 4.57 Å². The molecule has 0 atom stereocenters. The van der Waals surface area contributed by atoms with Crippen LogP contribution in [0, 0.1) is 5.92 Å². The van der Waals surface area contributed by atoms with Crippen LogP contribution in [0.3, 0.4) is 0 Å². The SMILES string of the molecule is CCCC(=O)n1c(CF)c(CCC(C)C)n(Cc2ccc(-c3ccccc3-c3nnn[nH]3)cc2)c1=O. The maximum absolute atomic E-state index is 14.2. The first-order valence-corrected chi connectivity index (χ1v) is 12.3. The molecule has 4 rings (SSSR count). The van der Waals surface area contributed by atoms with E-state index in [9.17, 15) is 14.0 Å². The number of carbonyl (C=O) groups excluding carboxylic acids is 1. The van der Waals surface area contributed by atoms with Crippen LogP contribution in [0.15, 0.2) is 53.3 Å². The molecular formula is C27H31FN6O2. The number of aromatic amines is 1. The summed E-state index contributed by atoms with van der Waals surface area (Å²) in [6, 6.07) is 15.7. The van der Waals surface area contributed by atoms with Gasteiger partial charge in [-0.3, -0.25) is 9.36 Å².